The summed E-state index contributed by atoms with van der Waals surface area (Å²) in [5.74, 6) is 1.47. The first-order valence-electron chi connectivity index (χ1n) is 9.56. The van der Waals surface area contributed by atoms with Gasteiger partial charge in [-0.1, -0.05) is 74.8 Å². The van der Waals surface area contributed by atoms with E-state index >= 15 is 0 Å². The normalized spacial score (nSPS) is 9.72. The van der Waals surface area contributed by atoms with Crippen LogP contribution in [0.5, 0.6) is 0 Å². The first-order valence-corrected chi connectivity index (χ1v) is 9.94. The van der Waals surface area contributed by atoms with Crippen molar-refractivity contribution in [3.63, 3.8) is 0 Å². The van der Waals surface area contributed by atoms with Gasteiger partial charge in [0.2, 0.25) is 0 Å². The fourth-order valence-electron chi connectivity index (χ4n) is 2.17. The maximum atomic E-state index is 7.00. The highest BCUT2D eigenvalue weighted by molar-refractivity contribution is 6.33. The van der Waals surface area contributed by atoms with Gasteiger partial charge >= 0.3 is 0 Å². The Balaban J connectivity index is 0.000000472. The highest BCUT2D eigenvalue weighted by Crippen LogP contribution is 2.27. The summed E-state index contributed by atoms with van der Waals surface area (Å²) in [6.45, 7) is 7.98. The number of rotatable bonds is 4. The fraction of sp³-hybridized carbons (Fsp3) is 0.304. The number of aryl methyl sites for hydroxylation is 1. The molecule has 0 aliphatic heterocycles. The van der Waals surface area contributed by atoms with E-state index in [-0.39, 0.29) is 0 Å². The molecule has 0 spiro atoms. The largest absolute Gasteiger partial charge is 0.441 e. The van der Waals surface area contributed by atoms with Crippen molar-refractivity contribution in [3.8, 4) is 11.3 Å². The molecule has 1 heterocycles. The number of oxazole rings is 1. The number of halogens is 1. The van der Waals surface area contributed by atoms with Gasteiger partial charge in [0.25, 0.3) is 0 Å². The van der Waals surface area contributed by atoms with Gasteiger partial charge < -0.3 is 14.9 Å². The Morgan fingerprint density at radius 3 is 2.17 bits per heavy atom. The average molecular weight is 418 g/mol. The minimum absolute atomic E-state index is 0.686. The lowest BCUT2D eigenvalue weighted by Gasteiger charge is -1.98. The van der Waals surface area contributed by atoms with Crippen LogP contribution in [0.25, 0.3) is 11.3 Å². The smallest absolute Gasteiger partial charge is 0.194 e. The molecule has 158 valence electrons. The summed E-state index contributed by atoms with van der Waals surface area (Å²) in [5.41, 5.74) is 5.81. The average Bonchev–Trinajstić information content (AvgIpc) is 3.27. The molecule has 0 aliphatic rings. The van der Waals surface area contributed by atoms with E-state index in [2.05, 4.69) is 15.5 Å². The standard InChI is InChI=1S/C11H10ClNO.C9H12N2.C2H6.CH4O/c1-2-11-13-7-10(14-11)8-5-3-4-6-9(8)12;1-8(11-10-2)9-6-4-3-5-7-9;2*1-2/h3-7H,2H2,1H3;3-7,10H,1-2H3;1-2H3;2H,1H3/b;11-8+;;. The van der Waals surface area contributed by atoms with Gasteiger partial charge in [-0.25, -0.2) is 4.98 Å². The predicted molar refractivity (Wildman–Crippen MR) is 124 cm³/mol. The van der Waals surface area contributed by atoms with E-state index in [1.165, 1.54) is 0 Å². The maximum Gasteiger partial charge on any atom is 0.194 e. The second-order valence-corrected chi connectivity index (χ2v) is 5.65. The molecule has 0 fully saturated rings. The molecule has 3 aromatic rings. The zero-order valence-electron chi connectivity index (χ0n) is 18.1. The molecular formula is C23H32ClN3O2. The molecular weight excluding hydrogens is 386 g/mol. The second-order valence-electron chi connectivity index (χ2n) is 5.24. The molecule has 6 heteroatoms. The SMILES string of the molecule is CC.CCc1ncc(-c2ccccc2Cl)o1.CN/N=C(\C)c1ccccc1.CO. The first-order chi connectivity index (χ1) is 14.2. The van der Waals surface area contributed by atoms with E-state index in [1.807, 2.05) is 82.3 Å². The first kappa shape index (κ1) is 26.4. The van der Waals surface area contributed by atoms with E-state index in [0.717, 1.165) is 42.0 Å². The number of benzene rings is 2. The van der Waals surface area contributed by atoms with Crippen molar-refractivity contribution in [1.29, 1.82) is 0 Å². The van der Waals surface area contributed by atoms with Crippen LogP contribution in [-0.2, 0) is 6.42 Å². The summed E-state index contributed by atoms with van der Waals surface area (Å²) < 4.78 is 5.50. The van der Waals surface area contributed by atoms with Crippen LogP contribution < -0.4 is 5.43 Å². The van der Waals surface area contributed by atoms with Gasteiger partial charge in [0.1, 0.15) is 0 Å². The Morgan fingerprint density at radius 1 is 1.07 bits per heavy atom. The van der Waals surface area contributed by atoms with Crippen molar-refractivity contribution in [2.24, 2.45) is 5.10 Å². The van der Waals surface area contributed by atoms with Crippen LogP contribution in [0.3, 0.4) is 0 Å². The quantitative estimate of drug-likeness (QED) is 0.414. The van der Waals surface area contributed by atoms with E-state index in [0.29, 0.717) is 5.02 Å². The minimum Gasteiger partial charge on any atom is -0.441 e. The summed E-state index contributed by atoms with van der Waals surface area (Å²) in [5, 5.41) is 11.7. The third kappa shape index (κ3) is 9.41. The summed E-state index contributed by atoms with van der Waals surface area (Å²) in [4.78, 5) is 4.13. The fourth-order valence-corrected chi connectivity index (χ4v) is 2.40. The zero-order chi connectivity index (χ0) is 22.1. The minimum atomic E-state index is 0.686. The van der Waals surface area contributed by atoms with Gasteiger partial charge in [-0.3, -0.25) is 0 Å². The summed E-state index contributed by atoms with van der Waals surface area (Å²) >= 11 is 6.02. The zero-order valence-corrected chi connectivity index (χ0v) is 18.9. The Kier molecular flexibility index (Phi) is 14.9. The lowest BCUT2D eigenvalue weighted by Crippen LogP contribution is -2.02. The molecule has 5 nitrogen and oxygen atoms in total. The van der Waals surface area contributed by atoms with Gasteiger partial charge in [-0.2, -0.15) is 5.10 Å². The highest BCUT2D eigenvalue weighted by atomic mass is 35.5. The Labute approximate surface area is 179 Å². The van der Waals surface area contributed by atoms with Crippen molar-refractivity contribution < 1.29 is 9.52 Å². The van der Waals surface area contributed by atoms with Gasteiger partial charge in [0.05, 0.1) is 16.9 Å². The van der Waals surface area contributed by atoms with Crippen LogP contribution >= 0.6 is 11.6 Å². The number of hydrogen-bond donors (Lipinski definition) is 2. The van der Waals surface area contributed by atoms with Crippen LogP contribution in [0.4, 0.5) is 0 Å². The van der Waals surface area contributed by atoms with Crippen LogP contribution in [0.1, 0.15) is 39.1 Å². The number of hydrazone groups is 1. The van der Waals surface area contributed by atoms with Crippen molar-refractivity contribution in [2.45, 2.75) is 34.1 Å². The molecule has 0 saturated heterocycles. The molecule has 3 rings (SSSR count). The number of aromatic nitrogens is 1. The molecule has 0 bridgehead atoms. The van der Waals surface area contributed by atoms with Gasteiger partial charge in [-0.05, 0) is 24.6 Å². The van der Waals surface area contributed by atoms with Gasteiger partial charge in [0.15, 0.2) is 11.7 Å². The monoisotopic (exact) mass is 417 g/mol. The molecule has 2 N–H and O–H groups in total. The Morgan fingerprint density at radius 2 is 1.66 bits per heavy atom. The highest BCUT2D eigenvalue weighted by Gasteiger charge is 2.07. The lowest BCUT2D eigenvalue weighted by molar-refractivity contribution is 0.399. The molecule has 0 unspecified atom stereocenters. The number of hydrogen-bond acceptors (Lipinski definition) is 5. The second kappa shape index (κ2) is 16.3. The molecule has 2 aromatic carbocycles. The third-order valence-corrected chi connectivity index (χ3v) is 3.80. The molecule has 1 aromatic heterocycles. The number of aliphatic hydroxyl groups excluding tert-OH is 1. The summed E-state index contributed by atoms with van der Waals surface area (Å²) in [7, 11) is 2.80. The predicted octanol–water partition coefficient (Wildman–Crippen LogP) is 5.82. The van der Waals surface area contributed by atoms with Crippen molar-refractivity contribution >= 4 is 17.3 Å². The number of aliphatic hydroxyl groups is 1. The molecule has 0 atom stereocenters. The van der Waals surface area contributed by atoms with Crippen LogP contribution in [0.15, 0.2) is 70.3 Å². The van der Waals surface area contributed by atoms with Gasteiger partial charge in [-0.15, -0.1) is 0 Å². The van der Waals surface area contributed by atoms with E-state index in [9.17, 15) is 0 Å². The molecule has 0 saturated carbocycles. The van der Waals surface area contributed by atoms with Gasteiger partial charge in [0, 0.05) is 26.1 Å². The summed E-state index contributed by atoms with van der Waals surface area (Å²) in [6.07, 6.45) is 2.50. The number of nitrogens with zero attached hydrogens (tertiary/aromatic N) is 2. The van der Waals surface area contributed by atoms with Crippen molar-refractivity contribution in [2.75, 3.05) is 14.2 Å². The van der Waals surface area contributed by atoms with E-state index in [4.69, 9.17) is 21.1 Å². The maximum absolute atomic E-state index is 7.00. The third-order valence-electron chi connectivity index (χ3n) is 3.47. The number of nitrogens with one attached hydrogen (secondary N) is 1. The van der Waals surface area contributed by atoms with Crippen molar-refractivity contribution in [1.82, 2.24) is 10.4 Å². The molecule has 0 aliphatic carbocycles. The molecule has 0 radical (unpaired) electrons. The van der Waals surface area contributed by atoms with Crippen LogP contribution in [-0.4, -0.2) is 30.0 Å². The summed E-state index contributed by atoms with van der Waals surface area (Å²) in [6, 6.07) is 17.7. The topological polar surface area (TPSA) is 70.7 Å². The lowest BCUT2D eigenvalue weighted by atomic mass is 10.1. The van der Waals surface area contributed by atoms with E-state index < -0.39 is 0 Å². The van der Waals surface area contributed by atoms with Crippen molar-refractivity contribution in [3.05, 3.63) is 77.3 Å². The van der Waals surface area contributed by atoms with Crippen LogP contribution in [0.2, 0.25) is 5.02 Å². The van der Waals surface area contributed by atoms with E-state index in [1.54, 1.807) is 13.2 Å². The van der Waals surface area contributed by atoms with Crippen LogP contribution in [0, 0.1) is 0 Å². The Hall–Kier alpha value is -2.63. The molecule has 0 amide bonds. The molecule has 29 heavy (non-hydrogen) atoms. The Bertz CT molecular complexity index is 818.